The van der Waals surface area contributed by atoms with Gasteiger partial charge in [0.2, 0.25) is 5.76 Å². The Balaban J connectivity index is 2.35. The first-order chi connectivity index (χ1) is 9.60. The van der Waals surface area contributed by atoms with Gasteiger partial charge in [0.15, 0.2) is 11.3 Å². The van der Waals surface area contributed by atoms with E-state index in [-0.39, 0.29) is 16.8 Å². The van der Waals surface area contributed by atoms with E-state index in [2.05, 4.69) is 0 Å². The molecule has 2 heterocycles. The highest BCUT2D eigenvalue weighted by Crippen LogP contribution is 2.45. The predicted molar refractivity (Wildman–Crippen MR) is 80.3 cm³/mol. The normalized spacial score (nSPS) is 16.8. The van der Waals surface area contributed by atoms with Gasteiger partial charge in [0, 0.05) is 22.9 Å². The second-order valence-corrected chi connectivity index (χ2v) is 7.33. The molecule has 0 bridgehead atoms. The van der Waals surface area contributed by atoms with E-state index in [1.165, 1.54) is 0 Å². The lowest BCUT2D eigenvalue weighted by molar-refractivity contribution is 0.0661. The fraction of sp³-hybridized carbons (Fsp3) is 0.471. The molecule has 112 valence electrons. The van der Waals surface area contributed by atoms with Crippen molar-refractivity contribution in [3.05, 3.63) is 29.0 Å². The number of hydrogen-bond acceptors (Lipinski definition) is 3. The van der Waals surface area contributed by atoms with Crippen LogP contribution in [-0.4, -0.2) is 16.7 Å². The molecule has 1 aliphatic heterocycles. The van der Waals surface area contributed by atoms with Crippen LogP contribution in [0.25, 0.3) is 11.0 Å². The van der Waals surface area contributed by atoms with Crippen molar-refractivity contribution in [1.82, 2.24) is 0 Å². The first-order valence-electron chi connectivity index (χ1n) is 7.11. The van der Waals surface area contributed by atoms with E-state index in [1.807, 2.05) is 46.8 Å². The zero-order valence-electron chi connectivity index (χ0n) is 13.0. The first-order valence-corrected chi connectivity index (χ1v) is 7.11. The van der Waals surface area contributed by atoms with Crippen LogP contribution < -0.4 is 4.74 Å². The van der Waals surface area contributed by atoms with Crippen LogP contribution in [-0.2, 0) is 11.8 Å². The maximum atomic E-state index is 11.5. The summed E-state index contributed by atoms with van der Waals surface area (Å²) >= 11 is 0. The van der Waals surface area contributed by atoms with Crippen molar-refractivity contribution >= 4 is 16.9 Å². The minimum Gasteiger partial charge on any atom is -0.483 e. The number of carboxylic acids is 1. The molecule has 0 saturated carbocycles. The van der Waals surface area contributed by atoms with Gasteiger partial charge in [0.1, 0.15) is 5.60 Å². The Bertz CT molecular complexity index is 744. The van der Waals surface area contributed by atoms with Crippen molar-refractivity contribution in [2.75, 3.05) is 0 Å². The van der Waals surface area contributed by atoms with E-state index in [0.29, 0.717) is 11.3 Å². The number of hydrogen-bond donors (Lipinski definition) is 1. The summed E-state index contributed by atoms with van der Waals surface area (Å²) in [5, 5.41) is 10.3. The standard InChI is InChI=1S/C17H20O4/c1-16(2,3)11-10-7-6-9-8-17(4,5)21-12(9)13(10)20-14(11)15(18)19/h6-7H,8H2,1-5H3,(H,18,19). The van der Waals surface area contributed by atoms with Gasteiger partial charge in [-0.1, -0.05) is 32.9 Å². The molecule has 1 aromatic heterocycles. The molecule has 21 heavy (non-hydrogen) atoms. The van der Waals surface area contributed by atoms with Gasteiger partial charge in [0.05, 0.1) is 0 Å². The third-order valence-electron chi connectivity index (χ3n) is 3.83. The minimum absolute atomic E-state index is 0.0132. The highest BCUT2D eigenvalue weighted by atomic mass is 16.5. The van der Waals surface area contributed by atoms with Crippen molar-refractivity contribution in [3.63, 3.8) is 0 Å². The van der Waals surface area contributed by atoms with Gasteiger partial charge >= 0.3 is 5.97 Å². The first kappa shape index (κ1) is 14.0. The third kappa shape index (κ3) is 2.09. The topological polar surface area (TPSA) is 59.7 Å². The Morgan fingerprint density at radius 2 is 1.95 bits per heavy atom. The maximum Gasteiger partial charge on any atom is 0.372 e. The molecular formula is C17H20O4. The number of carbonyl (C=O) groups is 1. The van der Waals surface area contributed by atoms with E-state index in [4.69, 9.17) is 9.15 Å². The molecule has 0 atom stereocenters. The molecule has 0 spiro atoms. The molecule has 2 aromatic rings. The summed E-state index contributed by atoms with van der Waals surface area (Å²) in [5.41, 5.74) is 1.75. The van der Waals surface area contributed by atoms with Gasteiger partial charge in [-0.2, -0.15) is 0 Å². The largest absolute Gasteiger partial charge is 0.483 e. The van der Waals surface area contributed by atoms with Crippen LogP contribution in [0.5, 0.6) is 5.75 Å². The lowest BCUT2D eigenvalue weighted by Gasteiger charge is -2.18. The summed E-state index contributed by atoms with van der Waals surface area (Å²) in [6.07, 6.45) is 0.798. The number of carboxylic acid groups (broad SMARTS) is 1. The van der Waals surface area contributed by atoms with Crippen LogP contribution in [0.4, 0.5) is 0 Å². The van der Waals surface area contributed by atoms with Crippen LogP contribution in [0.1, 0.15) is 56.3 Å². The van der Waals surface area contributed by atoms with Crippen LogP contribution >= 0.6 is 0 Å². The van der Waals surface area contributed by atoms with Crippen LogP contribution in [0, 0.1) is 0 Å². The monoisotopic (exact) mass is 288 g/mol. The van der Waals surface area contributed by atoms with E-state index in [0.717, 1.165) is 22.9 Å². The summed E-state index contributed by atoms with van der Waals surface area (Å²) in [4.78, 5) is 11.5. The molecule has 4 nitrogen and oxygen atoms in total. The third-order valence-corrected chi connectivity index (χ3v) is 3.83. The van der Waals surface area contributed by atoms with Crippen LogP contribution in [0.2, 0.25) is 0 Å². The van der Waals surface area contributed by atoms with Crippen molar-refractivity contribution in [2.45, 2.75) is 52.1 Å². The smallest absolute Gasteiger partial charge is 0.372 e. The molecule has 4 heteroatoms. The Kier molecular flexibility index (Phi) is 2.68. The van der Waals surface area contributed by atoms with Crippen LogP contribution in [0.15, 0.2) is 16.5 Å². The Hall–Kier alpha value is -1.97. The molecule has 3 rings (SSSR count). The number of ether oxygens (including phenoxy) is 1. The second-order valence-electron chi connectivity index (χ2n) is 7.33. The summed E-state index contributed by atoms with van der Waals surface area (Å²) in [5.74, 6) is -0.336. The zero-order chi connectivity index (χ0) is 15.6. The van der Waals surface area contributed by atoms with Gasteiger partial charge < -0.3 is 14.3 Å². The maximum absolute atomic E-state index is 11.5. The van der Waals surface area contributed by atoms with E-state index in [9.17, 15) is 9.90 Å². The lowest BCUT2D eigenvalue weighted by Crippen LogP contribution is -2.24. The molecule has 0 aliphatic carbocycles. The molecular weight excluding hydrogens is 268 g/mol. The van der Waals surface area contributed by atoms with Gasteiger partial charge in [-0.3, -0.25) is 0 Å². The molecule has 0 amide bonds. The van der Waals surface area contributed by atoms with E-state index < -0.39 is 5.97 Å². The molecule has 1 N–H and O–H groups in total. The van der Waals surface area contributed by atoms with Crippen molar-refractivity contribution < 1.29 is 19.1 Å². The average molecular weight is 288 g/mol. The Morgan fingerprint density at radius 1 is 1.29 bits per heavy atom. The molecule has 1 aliphatic rings. The van der Waals surface area contributed by atoms with Gasteiger partial charge in [-0.25, -0.2) is 4.79 Å². The highest BCUT2D eigenvalue weighted by molar-refractivity contribution is 5.98. The zero-order valence-corrected chi connectivity index (χ0v) is 13.0. The minimum atomic E-state index is -1.04. The van der Waals surface area contributed by atoms with E-state index >= 15 is 0 Å². The highest BCUT2D eigenvalue weighted by Gasteiger charge is 2.36. The lowest BCUT2D eigenvalue weighted by atomic mass is 9.84. The second kappa shape index (κ2) is 4.03. The predicted octanol–water partition coefficient (Wildman–Crippen LogP) is 4.14. The van der Waals surface area contributed by atoms with E-state index in [1.54, 1.807) is 0 Å². The molecule has 0 radical (unpaired) electrons. The number of rotatable bonds is 1. The number of aromatic carboxylic acids is 1. The Morgan fingerprint density at radius 3 is 2.52 bits per heavy atom. The molecule has 1 aromatic carbocycles. The molecule has 0 saturated heterocycles. The van der Waals surface area contributed by atoms with Gasteiger partial charge in [0.25, 0.3) is 0 Å². The summed E-state index contributed by atoms with van der Waals surface area (Å²) in [6.45, 7) is 10.0. The van der Waals surface area contributed by atoms with Gasteiger partial charge in [-0.15, -0.1) is 0 Å². The number of fused-ring (bicyclic) bond motifs is 3. The number of benzene rings is 1. The summed E-state index contributed by atoms with van der Waals surface area (Å²) < 4.78 is 11.7. The molecule has 0 fully saturated rings. The van der Waals surface area contributed by atoms with Gasteiger partial charge in [-0.05, 0) is 19.3 Å². The van der Waals surface area contributed by atoms with Crippen molar-refractivity contribution in [1.29, 1.82) is 0 Å². The average Bonchev–Trinajstić information content (AvgIpc) is 2.83. The fourth-order valence-electron chi connectivity index (χ4n) is 3.09. The number of furan rings is 1. The SMILES string of the molecule is CC1(C)Cc2ccc3c(C(C)(C)C)c(C(=O)O)oc3c2O1. The molecule has 0 unspecified atom stereocenters. The van der Waals surface area contributed by atoms with Crippen LogP contribution in [0.3, 0.4) is 0 Å². The van der Waals surface area contributed by atoms with Crippen molar-refractivity contribution in [3.8, 4) is 5.75 Å². The quantitative estimate of drug-likeness (QED) is 0.856. The summed E-state index contributed by atoms with van der Waals surface area (Å²) in [6, 6.07) is 3.97. The fourth-order valence-corrected chi connectivity index (χ4v) is 3.09. The summed E-state index contributed by atoms with van der Waals surface area (Å²) in [7, 11) is 0. The van der Waals surface area contributed by atoms with Crippen molar-refractivity contribution in [2.24, 2.45) is 0 Å². The Labute approximate surface area is 123 Å².